The van der Waals surface area contributed by atoms with Crippen molar-refractivity contribution in [2.75, 3.05) is 49.1 Å². The van der Waals surface area contributed by atoms with Gasteiger partial charge in [-0.25, -0.2) is 8.42 Å². The number of hydrogen-bond acceptors (Lipinski definition) is 5. The van der Waals surface area contributed by atoms with Crippen LogP contribution < -0.4 is 9.80 Å². The Labute approximate surface area is 161 Å². The van der Waals surface area contributed by atoms with Gasteiger partial charge in [0.25, 0.3) is 5.91 Å². The van der Waals surface area contributed by atoms with Crippen molar-refractivity contribution >= 4 is 21.4 Å². The van der Waals surface area contributed by atoms with Gasteiger partial charge in [0.15, 0.2) is 15.9 Å². The summed E-state index contributed by atoms with van der Waals surface area (Å²) in [6.07, 6.45) is 0.547. The van der Waals surface area contributed by atoms with Gasteiger partial charge < -0.3 is 19.8 Å². The van der Waals surface area contributed by atoms with Crippen molar-refractivity contribution in [3.05, 3.63) is 24.3 Å². The number of carbonyl (C=O) groups excluding carboxylic acids is 1. The molecule has 0 spiro atoms. The number of rotatable bonds is 5. The third-order valence-corrected chi connectivity index (χ3v) is 7.63. The van der Waals surface area contributed by atoms with Crippen molar-refractivity contribution in [2.24, 2.45) is 0 Å². The summed E-state index contributed by atoms with van der Waals surface area (Å²) in [6.45, 7) is 7.56. The van der Waals surface area contributed by atoms with Crippen LogP contribution in [0.3, 0.4) is 0 Å². The number of nitrogens with one attached hydrogen (secondary N) is 1. The Kier molecular flexibility index (Phi) is 5.95. The molecule has 2 saturated heterocycles. The van der Waals surface area contributed by atoms with Gasteiger partial charge in [-0.15, -0.1) is 0 Å². The van der Waals surface area contributed by atoms with Gasteiger partial charge in [-0.1, -0.05) is 12.1 Å². The lowest BCUT2D eigenvalue weighted by Crippen LogP contribution is -3.19. The van der Waals surface area contributed by atoms with Crippen LogP contribution in [0.2, 0.25) is 0 Å². The van der Waals surface area contributed by atoms with Gasteiger partial charge >= 0.3 is 0 Å². The number of phenolic OH excluding ortho intramolecular Hbond substituents is 1. The van der Waals surface area contributed by atoms with Crippen molar-refractivity contribution in [3.8, 4) is 5.75 Å². The van der Waals surface area contributed by atoms with Crippen LogP contribution in [0.15, 0.2) is 24.3 Å². The number of phenols is 1. The normalized spacial score (nSPS) is 23.9. The Balaban J connectivity index is 1.60. The fourth-order valence-corrected chi connectivity index (χ4v) is 5.97. The highest BCUT2D eigenvalue weighted by atomic mass is 32.2. The van der Waals surface area contributed by atoms with Gasteiger partial charge in [-0.05, 0) is 32.4 Å². The third-order valence-electron chi connectivity index (χ3n) is 5.88. The van der Waals surface area contributed by atoms with Crippen molar-refractivity contribution < 1.29 is 23.2 Å². The molecule has 0 bridgehead atoms. The average molecular weight is 397 g/mol. The molecule has 0 unspecified atom stereocenters. The summed E-state index contributed by atoms with van der Waals surface area (Å²) >= 11 is 0. The van der Waals surface area contributed by atoms with Crippen LogP contribution in [0.4, 0.5) is 5.69 Å². The largest absolute Gasteiger partial charge is 0.506 e. The van der Waals surface area contributed by atoms with E-state index in [4.69, 9.17) is 0 Å². The van der Waals surface area contributed by atoms with Crippen LogP contribution >= 0.6 is 0 Å². The van der Waals surface area contributed by atoms with Gasteiger partial charge in [0, 0.05) is 12.6 Å². The summed E-state index contributed by atoms with van der Waals surface area (Å²) in [6, 6.07) is 6.94. The summed E-state index contributed by atoms with van der Waals surface area (Å²) < 4.78 is 23.6. The number of benzene rings is 1. The minimum Gasteiger partial charge on any atom is -0.506 e. The quantitative estimate of drug-likeness (QED) is 0.703. The van der Waals surface area contributed by atoms with Crippen LogP contribution in [-0.4, -0.2) is 80.6 Å². The summed E-state index contributed by atoms with van der Waals surface area (Å²) in [7, 11) is -3.01. The minimum atomic E-state index is -3.01. The van der Waals surface area contributed by atoms with Gasteiger partial charge in [0.2, 0.25) is 0 Å². The fraction of sp³-hybridized carbons (Fsp3) is 0.632. The number of piperazine rings is 1. The molecule has 0 aromatic heterocycles. The summed E-state index contributed by atoms with van der Waals surface area (Å²) in [5.74, 6) is 0.604. The van der Waals surface area contributed by atoms with Gasteiger partial charge in [0.05, 0.1) is 43.4 Å². The molecule has 1 aromatic rings. The number of para-hydroxylation sites is 2. The Bertz CT molecular complexity index is 775. The van der Waals surface area contributed by atoms with Crippen molar-refractivity contribution in [1.82, 2.24) is 4.90 Å². The lowest BCUT2D eigenvalue weighted by molar-refractivity contribution is -0.915. The predicted octanol–water partition coefficient (Wildman–Crippen LogP) is -0.479. The maximum atomic E-state index is 13.0. The zero-order chi connectivity index (χ0) is 19.6. The Hall–Kier alpha value is -1.80. The van der Waals surface area contributed by atoms with Gasteiger partial charge in [0.1, 0.15) is 5.75 Å². The third kappa shape index (κ3) is 4.38. The molecule has 2 aliphatic heterocycles. The first-order valence-corrected chi connectivity index (χ1v) is 11.5. The SMILES string of the molecule is CCN(C(=O)[C@H](C)[NH+]1CCN(c2ccccc2O)CC1)[C@H]1CCS(=O)(=O)C1. The van der Waals surface area contributed by atoms with E-state index in [2.05, 4.69) is 4.90 Å². The molecule has 0 aliphatic carbocycles. The smallest absolute Gasteiger partial charge is 0.280 e. The lowest BCUT2D eigenvalue weighted by Gasteiger charge is -2.38. The first-order chi connectivity index (χ1) is 12.8. The van der Waals surface area contributed by atoms with E-state index in [-0.39, 0.29) is 35.2 Å². The molecule has 27 heavy (non-hydrogen) atoms. The van der Waals surface area contributed by atoms with E-state index >= 15 is 0 Å². The molecule has 2 atom stereocenters. The molecule has 2 aliphatic rings. The van der Waals surface area contributed by atoms with E-state index in [0.717, 1.165) is 31.9 Å². The maximum absolute atomic E-state index is 13.0. The second-order valence-corrected chi connectivity index (χ2v) is 9.77. The van der Waals surface area contributed by atoms with Crippen molar-refractivity contribution in [1.29, 1.82) is 0 Å². The summed E-state index contributed by atoms with van der Waals surface area (Å²) in [4.78, 5) is 18.2. The molecule has 0 radical (unpaired) electrons. The highest BCUT2D eigenvalue weighted by Gasteiger charge is 2.38. The number of carbonyl (C=O) groups is 1. The predicted molar refractivity (Wildman–Crippen MR) is 105 cm³/mol. The standard InChI is InChI=1S/C19H29N3O4S/c1-3-22(16-8-13-27(25,26)14-16)19(24)15(2)20-9-11-21(12-10-20)17-6-4-5-7-18(17)23/h4-7,15-16,23H,3,8-14H2,1-2H3/p+1/t15-,16-/m0/s1. The fourth-order valence-electron chi connectivity index (χ4n) is 4.24. The molecule has 2 heterocycles. The lowest BCUT2D eigenvalue weighted by atomic mass is 10.1. The minimum absolute atomic E-state index is 0.0469. The van der Waals surface area contributed by atoms with Crippen LogP contribution in [0.1, 0.15) is 20.3 Å². The molecular formula is C19H30N3O4S+. The Morgan fingerprint density at radius 2 is 2.00 bits per heavy atom. The number of likely N-dealkylation sites (N-methyl/N-ethyl adjacent to an activating group) is 1. The highest BCUT2D eigenvalue weighted by Crippen LogP contribution is 2.26. The van der Waals surface area contributed by atoms with Crippen molar-refractivity contribution in [3.63, 3.8) is 0 Å². The second kappa shape index (κ2) is 8.06. The zero-order valence-corrected chi connectivity index (χ0v) is 16.9. The monoisotopic (exact) mass is 396 g/mol. The molecule has 7 nitrogen and oxygen atoms in total. The second-order valence-electron chi connectivity index (χ2n) is 7.54. The molecule has 0 saturated carbocycles. The van der Waals surface area contributed by atoms with E-state index in [9.17, 15) is 18.3 Å². The molecule has 2 fully saturated rings. The number of quaternary nitrogens is 1. The molecule has 150 valence electrons. The first-order valence-electron chi connectivity index (χ1n) is 9.71. The van der Waals surface area contributed by atoms with Crippen LogP contribution in [0, 0.1) is 0 Å². The molecule has 2 N–H and O–H groups in total. The molecular weight excluding hydrogens is 366 g/mol. The summed E-state index contributed by atoms with van der Waals surface area (Å²) in [5, 5.41) is 10.0. The molecule has 3 rings (SSSR count). The number of hydrogen-bond donors (Lipinski definition) is 2. The Morgan fingerprint density at radius 1 is 1.33 bits per heavy atom. The van der Waals surface area contributed by atoms with Crippen molar-refractivity contribution in [2.45, 2.75) is 32.4 Å². The van der Waals surface area contributed by atoms with Gasteiger partial charge in [-0.2, -0.15) is 0 Å². The molecule has 8 heteroatoms. The van der Waals surface area contributed by atoms with E-state index in [1.807, 2.05) is 32.0 Å². The average Bonchev–Trinajstić information content (AvgIpc) is 3.01. The highest BCUT2D eigenvalue weighted by molar-refractivity contribution is 7.91. The molecule has 1 amide bonds. The summed E-state index contributed by atoms with van der Waals surface area (Å²) in [5.41, 5.74) is 0.835. The van der Waals surface area contributed by atoms with E-state index in [1.165, 1.54) is 4.90 Å². The number of anilines is 1. The first kappa shape index (κ1) is 19.9. The topological polar surface area (TPSA) is 82.4 Å². The molecule has 1 aromatic carbocycles. The van der Waals surface area contributed by atoms with E-state index in [0.29, 0.717) is 13.0 Å². The number of sulfone groups is 1. The van der Waals surface area contributed by atoms with E-state index < -0.39 is 9.84 Å². The van der Waals surface area contributed by atoms with Crippen LogP contribution in [-0.2, 0) is 14.6 Å². The zero-order valence-electron chi connectivity index (χ0n) is 16.1. The number of aromatic hydroxyl groups is 1. The Morgan fingerprint density at radius 3 is 2.56 bits per heavy atom. The van der Waals surface area contributed by atoms with Gasteiger partial charge in [-0.3, -0.25) is 4.79 Å². The van der Waals surface area contributed by atoms with Crippen LogP contribution in [0.5, 0.6) is 5.75 Å². The maximum Gasteiger partial charge on any atom is 0.280 e. The van der Waals surface area contributed by atoms with Crippen LogP contribution in [0.25, 0.3) is 0 Å². The number of nitrogens with zero attached hydrogens (tertiary/aromatic N) is 2. The van der Waals surface area contributed by atoms with E-state index in [1.54, 1.807) is 11.0 Å². The number of amides is 1.